The Bertz CT molecular complexity index is 3190. The van der Waals surface area contributed by atoms with Gasteiger partial charge in [0, 0.05) is 80.3 Å². The van der Waals surface area contributed by atoms with Gasteiger partial charge in [0.15, 0.2) is 0 Å². The number of nitrogens with zero attached hydrogens (tertiary/aromatic N) is 7. The highest BCUT2D eigenvalue weighted by Crippen LogP contribution is 2.42. The van der Waals surface area contributed by atoms with Crippen molar-refractivity contribution in [2.75, 3.05) is 39.3 Å². The lowest BCUT2D eigenvalue weighted by atomic mass is 9.98. The number of halogens is 2. The normalized spacial score (nSPS) is 15.7. The summed E-state index contributed by atoms with van der Waals surface area (Å²) in [6, 6.07) is 18.0. The van der Waals surface area contributed by atoms with Crippen molar-refractivity contribution in [2.24, 2.45) is 7.05 Å². The lowest BCUT2D eigenvalue weighted by Gasteiger charge is -2.35. The molecule has 5 heterocycles. The third-order valence-electron chi connectivity index (χ3n) is 13.3. The zero-order chi connectivity index (χ0) is 48.0. The Kier molecular flexibility index (Phi) is 12.8. The number of aromatic nitrogens is 5. The van der Waals surface area contributed by atoms with Crippen molar-refractivity contribution < 1.29 is 38.2 Å². The number of amides is 4. The summed E-state index contributed by atoms with van der Waals surface area (Å²) in [5.41, 5.74) is 6.06. The van der Waals surface area contributed by atoms with Gasteiger partial charge in [-0.25, -0.2) is 14.2 Å². The van der Waals surface area contributed by atoms with E-state index >= 15 is 0 Å². The van der Waals surface area contributed by atoms with E-state index in [4.69, 9.17) is 16.3 Å². The molecule has 16 nitrogen and oxygen atoms in total. The van der Waals surface area contributed by atoms with Gasteiger partial charge in [-0.15, -0.1) is 0 Å². The van der Waals surface area contributed by atoms with E-state index < -0.39 is 23.8 Å². The van der Waals surface area contributed by atoms with Gasteiger partial charge >= 0.3 is 5.97 Å². The number of benzene rings is 4. The maximum atomic E-state index is 14.0. The Hall–Kier alpha value is -7.11. The van der Waals surface area contributed by atoms with Crippen LogP contribution in [0.3, 0.4) is 0 Å². The summed E-state index contributed by atoms with van der Waals surface area (Å²) >= 11 is 7.07. The molecule has 2 aliphatic heterocycles. The average Bonchev–Trinajstić information content (AvgIpc) is 3.90. The van der Waals surface area contributed by atoms with Crippen LogP contribution in [0.25, 0.3) is 43.8 Å². The van der Waals surface area contributed by atoms with Gasteiger partial charge in [-0.3, -0.25) is 34.1 Å². The van der Waals surface area contributed by atoms with Gasteiger partial charge in [-0.1, -0.05) is 35.9 Å². The standard InChI is InChI=1S/C50H51ClFN9O7/c1-28-43(29(2)57(4)56-28)44-37(51)16-15-35-34(10-7-25-68-40-12-5-8-31-26-32(52)13-14-33(31)40)47(50(66)67)60(46(35)44)24-21-58-19-22-59(23-20-58)42(63)27-61-30(3)53-45-36(9-6-11-39(45)61)48(64)54-38-17-18-41(62)55-49(38)65/h5-6,8-9,11-16,26,38H,7,10,17-25,27H2,1-4H3,(H,54,64)(H,66,67)(H,55,62,65). The number of ether oxygens (including phenoxy) is 1. The number of carbonyl (C=O) groups excluding carboxylic acids is 4. The number of imidazole rings is 1. The summed E-state index contributed by atoms with van der Waals surface area (Å²) in [5.74, 6) is -1.76. The molecule has 3 aromatic heterocycles. The van der Waals surface area contributed by atoms with Crippen molar-refractivity contribution in [3.05, 3.63) is 112 Å². The molecule has 0 radical (unpaired) electrons. The number of piperidine rings is 1. The number of carboxylic acid groups (broad SMARTS) is 1. The number of hydrogen-bond donors (Lipinski definition) is 3. The number of carboxylic acids is 1. The lowest BCUT2D eigenvalue weighted by molar-refractivity contribution is -0.135. The van der Waals surface area contributed by atoms with Gasteiger partial charge in [-0.2, -0.15) is 5.10 Å². The Labute approximate surface area is 395 Å². The SMILES string of the molecule is Cc1nn(C)c(C)c1-c1c(Cl)ccc2c(CCCOc3cccc4cc(F)ccc34)c(C(=O)O)n(CCN3CCN(C(=O)Cn4c(C)nc5c(C(=O)NC6CCC(=O)NC6=O)cccc54)CC3)c12. The van der Waals surface area contributed by atoms with Crippen LogP contribution in [-0.2, 0) is 40.9 Å². The topological polar surface area (TPSA) is 186 Å². The third kappa shape index (κ3) is 8.78. The molecule has 68 heavy (non-hydrogen) atoms. The highest BCUT2D eigenvalue weighted by Gasteiger charge is 2.31. The molecule has 4 aromatic carbocycles. The van der Waals surface area contributed by atoms with Gasteiger partial charge in [-0.05, 0) is 93.4 Å². The fraction of sp³-hybridized carbons (Fsp3) is 0.340. The molecular weight excluding hydrogens is 893 g/mol. The molecule has 2 saturated heterocycles. The molecule has 352 valence electrons. The molecule has 18 heteroatoms. The fourth-order valence-electron chi connectivity index (χ4n) is 9.78. The van der Waals surface area contributed by atoms with Crippen LogP contribution in [0.5, 0.6) is 5.75 Å². The van der Waals surface area contributed by atoms with Gasteiger partial charge in [0.05, 0.1) is 33.9 Å². The molecule has 0 saturated carbocycles. The van der Waals surface area contributed by atoms with Crippen LogP contribution >= 0.6 is 11.6 Å². The number of para-hydroxylation sites is 1. The summed E-state index contributed by atoms with van der Waals surface area (Å²) in [6.07, 6.45) is 1.24. The van der Waals surface area contributed by atoms with E-state index in [-0.39, 0.29) is 48.3 Å². The monoisotopic (exact) mass is 943 g/mol. The minimum absolute atomic E-state index is 0.00429. The molecule has 9 rings (SSSR count). The second kappa shape index (κ2) is 18.9. The zero-order valence-electron chi connectivity index (χ0n) is 38.2. The maximum absolute atomic E-state index is 14.0. The number of rotatable bonds is 14. The molecule has 0 bridgehead atoms. The average molecular weight is 944 g/mol. The molecule has 1 unspecified atom stereocenters. The quantitative estimate of drug-likeness (QED) is 0.0820. The summed E-state index contributed by atoms with van der Waals surface area (Å²) in [4.78, 5) is 73.3. The molecule has 7 aromatic rings. The first kappa shape index (κ1) is 46.0. The first-order valence-electron chi connectivity index (χ1n) is 22.7. The Morgan fingerprint density at radius 1 is 0.941 bits per heavy atom. The van der Waals surface area contributed by atoms with Crippen LogP contribution in [0.4, 0.5) is 4.39 Å². The van der Waals surface area contributed by atoms with Crippen molar-refractivity contribution in [1.82, 2.24) is 44.3 Å². The number of imide groups is 1. The van der Waals surface area contributed by atoms with Crippen LogP contribution in [-0.4, -0.2) is 114 Å². The van der Waals surface area contributed by atoms with E-state index in [2.05, 4.69) is 25.6 Å². The third-order valence-corrected chi connectivity index (χ3v) is 13.6. The van der Waals surface area contributed by atoms with Gasteiger partial charge in [0.2, 0.25) is 17.7 Å². The van der Waals surface area contributed by atoms with Crippen molar-refractivity contribution in [2.45, 2.75) is 65.6 Å². The first-order valence-corrected chi connectivity index (χ1v) is 23.0. The van der Waals surface area contributed by atoms with Crippen molar-refractivity contribution in [1.29, 1.82) is 0 Å². The zero-order valence-corrected chi connectivity index (χ0v) is 39.0. The minimum Gasteiger partial charge on any atom is -0.493 e. The summed E-state index contributed by atoms with van der Waals surface area (Å²) in [6.45, 7) is 8.81. The second-order valence-electron chi connectivity index (χ2n) is 17.5. The van der Waals surface area contributed by atoms with Crippen LogP contribution < -0.4 is 15.4 Å². The number of aromatic carboxylic acids is 1. The number of aryl methyl sites for hydroxylation is 4. The number of nitrogens with one attached hydrogen (secondary N) is 2. The van der Waals surface area contributed by atoms with Crippen molar-refractivity contribution in [3.63, 3.8) is 0 Å². The highest BCUT2D eigenvalue weighted by atomic mass is 35.5. The fourth-order valence-corrected chi connectivity index (χ4v) is 10.0. The van der Waals surface area contributed by atoms with Gasteiger partial charge < -0.3 is 29.2 Å². The predicted molar refractivity (Wildman–Crippen MR) is 254 cm³/mol. The highest BCUT2D eigenvalue weighted by molar-refractivity contribution is 6.35. The Balaban J connectivity index is 0.917. The largest absolute Gasteiger partial charge is 0.493 e. The van der Waals surface area contributed by atoms with Crippen molar-refractivity contribution in [3.8, 4) is 16.9 Å². The summed E-state index contributed by atoms with van der Waals surface area (Å²) in [5, 5.41) is 23.4. The van der Waals surface area contributed by atoms with Crippen LogP contribution in [0.1, 0.15) is 62.9 Å². The van der Waals surface area contributed by atoms with Crippen LogP contribution in [0.2, 0.25) is 5.02 Å². The Morgan fingerprint density at radius 3 is 2.44 bits per heavy atom. The number of carbonyl (C=O) groups is 5. The van der Waals surface area contributed by atoms with E-state index in [1.54, 1.807) is 45.3 Å². The number of hydrogen-bond acceptors (Lipinski definition) is 9. The predicted octanol–water partition coefficient (Wildman–Crippen LogP) is 6.35. The van der Waals surface area contributed by atoms with Crippen molar-refractivity contribution >= 4 is 73.9 Å². The number of fused-ring (bicyclic) bond motifs is 3. The molecule has 0 aliphatic carbocycles. The minimum atomic E-state index is -1.06. The van der Waals surface area contributed by atoms with E-state index in [0.717, 1.165) is 44.2 Å². The molecule has 3 N–H and O–H groups in total. The molecule has 2 fully saturated rings. The molecule has 2 aliphatic rings. The second-order valence-corrected chi connectivity index (χ2v) is 17.9. The van der Waals surface area contributed by atoms with E-state index in [1.807, 2.05) is 55.8 Å². The molecule has 0 spiro atoms. The smallest absolute Gasteiger partial charge is 0.352 e. The lowest BCUT2D eigenvalue weighted by Crippen LogP contribution is -2.52. The van der Waals surface area contributed by atoms with Gasteiger partial charge in [0.1, 0.15) is 41.2 Å². The summed E-state index contributed by atoms with van der Waals surface area (Å²) < 4.78 is 25.6. The maximum Gasteiger partial charge on any atom is 0.352 e. The first-order chi connectivity index (χ1) is 32.7. The van der Waals surface area contributed by atoms with Gasteiger partial charge in [0.25, 0.3) is 5.91 Å². The van der Waals surface area contributed by atoms with Crippen LogP contribution in [0, 0.1) is 26.6 Å². The Morgan fingerprint density at radius 2 is 1.71 bits per heavy atom. The van der Waals surface area contributed by atoms with E-state index in [1.165, 1.54) is 12.1 Å². The summed E-state index contributed by atoms with van der Waals surface area (Å²) in [7, 11) is 1.87. The van der Waals surface area contributed by atoms with E-state index in [0.29, 0.717) is 91.9 Å². The molecular formula is C50H51ClFN9O7. The molecule has 1 atom stereocenters. The van der Waals surface area contributed by atoms with Crippen LogP contribution in [0.15, 0.2) is 66.7 Å². The molecule has 4 amide bonds. The number of piperazine rings is 1. The van der Waals surface area contributed by atoms with E-state index in [9.17, 15) is 33.5 Å².